The Morgan fingerprint density at radius 1 is 0.969 bits per heavy atom. The Bertz CT molecular complexity index is 942. The van der Waals surface area contributed by atoms with E-state index in [9.17, 15) is 14.4 Å². The van der Waals surface area contributed by atoms with Crippen molar-refractivity contribution in [2.45, 2.75) is 39.2 Å². The topological polar surface area (TPSA) is 105 Å². The number of alkyl carbamates (subject to hydrolysis) is 1. The van der Waals surface area contributed by atoms with Crippen molar-refractivity contribution in [2.75, 3.05) is 13.2 Å². The summed E-state index contributed by atoms with van der Waals surface area (Å²) >= 11 is 0. The van der Waals surface area contributed by atoms with Crippen molar-refractivity contribution in [1.82, 2.24) is 10.6 Å². The van der Waals surface area contributed by atoms with E-state index in [1.807, 2.05) is 38.1 Å². The van der Waals surface area contributed by atoms with Crippen LogP contribution in [0.4, 0.5) is 4.79 Å². The van der Waals surface area contributed by atoms with Crippen LogP contribution in [-0.2, 0) is 14.3 Å². The molecule has 1 aliphatic rings. The highest BCUT2D eigenvalue weighted by molar-refractivity contribution is 5.81. The normalized spacial score (nSPS) is 14.2. The average molecular weight is 439 g/mol. The second-order valence-electron chi connectivity index (χ2n) is 8.56. The van der Waals surface area contributed by atoms with E-state index in [2.05, 4.69) is 34.9 Å². The van der Waals surface area contributed by atoms with Gasteiger partial charge >= 0.3 is 12.1 Å². The summed E-state index contributed by atoms with van der Waals surface area (Å²) in [4.78, 5) is 35.8. The molecule has 0 heterocycles. The molecule has 2 aromatic carbocycles. The van der Waals surface area contributed by atoms with Gasteiger partial charge in [-0.1, -0.05) is 62.4 Å². The van der Waals surface area contributed by atoms with Crippen LogP contribution in [0, 0.1) is 11.8 Å². The molecule has 0 aliphatic heterocycles. The molecule has 3 rings (SSSR count). The zero-order valence-corrected chi connectivity index (χ0v) is 18.6. The van der Waals surface area contributed by atoms with Gasteiger partial charge in [-0.25, -0.2) is 4.79 Å². The Morgan fingerprint density at radius 3 is 2.06 bits per heavy atom. The third kappa shape index (κ3) is 5.46. The van der Waals surface area contributed by atoms with Gasteiger partial charge in [-0.2, -0.15) is 0 Å². The number of fused-ring (bicyclic) bond motifs is 3. The van der Waals surface area contributed by atoms with Crippen LogP contribution in [0.3, 0.4) is 0 Å². The van der Waals surface area contributed by atoms with E-state index in [0.29, 0.717) is 0 Å². The quantitative estimate of drug-likeness (QED) is 0.553. The van der Waals surface area contributed by atoms with Crippen LogP contribution in [0.5, 0.6) is 0 Å². The minimum atomic E-state index is -0.976. The molecular weight excluding hydrogens is 408 g/mol. The molecule has 1 aliphatic carbocycles. The second-order valence-corrected chi connectivity index (χ2v) is 8.56. The van der Waals surface area contributed by atoms with Crippen molar-refractivity contribution in [2.24, 2.45) is 11.8 Å². The summed E-state index contributed by atoms with van der Waals surface area (Å²) in [5, 5.41) is 14.3. The molecule has 2 atom stereocenters. The minimum Gasteiger partial charge on any atom is -0.481 e. The summed E-state index contributed by atoms with van der Waals surface area (Å²) in [7, 11) is 0. The van der Waals surface area contributed by atoms with Crippen LogP contribution in [-0.4, -0.2) is 42.3 Å². The van der Waals surface area contributed by atoms with E-state index < -0.39 is 24.0 Å². The molecule has 0 saturated carbocycles. The van der Waals surface area contributed by atoms with Gasteiger partial charge in [0, 0.05) is 18.5 Å². The number of hydrogen-bond acceptors (Lipinski definition) is 4. The Morgan fingerprint density at radius 2 is 1.53 bits per heavy atom. The van der Waals surface area contributed by atoms with Gasteiger partial charge in [0.1, 0.15) is 6.61 Å². The number of benzene rings is 2. The molecule has 0 aromatic heterocycles. The average Bonchev–Trinajstić information content (AvgIpc) is 3.05. The molecule has 0 bridgehead atoms. The van der Waals surface area contributed by atoms with Gasteiger partial charge < -0.3 is 20.5 Å². The number of amides is 2. The molecule has 0 fully saturated rings. The number of aliphatic carboxylic acids is 1. The number of rotatable bonds is 9. The monoisotopic (exact) mass is 438 g/mol. The van der Waals surface area contributed by atoms with Gasteiger partial charge in [0.25, 0.3) is 0 Å². The summed E-state index contributed by atoms with van der Waals surface area (Å²) < 4.78 is 5.52. The smallest absolute Gasteiger partial charge is 0.407 e. The molecule has 2 aromatic rings. The number of carboxylic acid groups (broad SMARTS) is 1. The molecule has 0 radical (unpaired) electrons. The number of carbonyl (C=O) groups is 3. The van der Waals surface area contributed by atoms with Crippen LogP contribution < -0.4 is 10.6 Å². The molecule has 0 saturated heterocycles. The maximum Gasteiger partial charge on any atom is 0.407 e. The first-order chi connectivity index (χ1) is 15.3. The highest BCUT2D eigenvalue weighted by Crippen LogP contribution is 2.44. The number of carboxylic acids is 1. The molecular formula is C25H30N2O5. The molecule has 7 heteroatoms. The van der Waals surface area contributed by atoms with Crippen molar-refractivity contribution in [3.63, 3.8) is 0 Å². The van der Waals surface area contributed by atoms with Crippen LogP contribution in [0.25, 0.3) is 11.1 Å². The summed E-state index contributed by atoms with van der Waals surface area (Å²) in [6.45, 7) is 5.72. The fourth-order valence-corrected chi connectivity index (χ4v) is 4.14. The fourth-order valence-electron chi connectivity index (χ4n) is 4.14. The van der Waals surface area contributed by atoms with Crippen LogP contribution in [0.1, 0.15) is 44.2 Å². The van der Waals surface area contributed by atoms with Crippen molar-refractivity contribution in [1.29, 1.82) is 0 Å². The fraction of sp³-hybridized carbons (Fsp3) is 0.400. The summed E-state index contributed by atoms with van der Waals surface area (Å²) in [5.41, 5.74) is 4.58. The van der Waals surface area contributed by atoms with E-state index in [1.54, 1.807) is 6.92 Å². The maximum atomic E-state index is 12.5. The minimum absolute atomic E-state index is 0.0331. The van der Waals surface area contributed by atoms with Crippen LogP contribution >= 0.6 is 0 Å². The Balaban J connectivity index is 1.56. The second kappa shape index (κ2) is 10.3. The lowest BCUT2D eigenvalue weighted by Crippen LogP contribution is -2.45. The largest absolute Gasteiger partial charge is 0.481 e. The zero-order chi connectivity index (χ0) is 23.3. The van der Waals surface area contributed by atoms with E-state index in [4.69, 9.17) is 9.84 Å². The van der Waals surface area contributed by atoms with Gasteiger partial charge in [0.05, 0.1) is 12.3 Å². The number of ether oxygens (including phenoxy) is 1. The third-order valence-electron chi connectivity index (χ3n) is 5.82. The molecule has 170 valence electrons. The number of hydrogen-bond donors (Lipinski definition) is 3. The predicted octanol–water partition coefficient (Wildman–Crippen LogP) is 3.78. The van der Waals surface area contributed by atoms with Crippen molar-refractivity contribution >= 4 is 18.0 Å². The summed E-state index contributed by atoms with van der Waals surface area (Å²) in [6.07, 6.45) is -0.736. The van der Waals surface area contributed by atoms with Crippen molar-refractivity contribution in [3.8, 4) is 11.1 Å². The summed E-state index contributed by atoms with van der Waals surface area (Å²) in [5.74, 6) is -1.83. The van der Waals surface area contributed by atoms with E-state index in [1.165, 1.54) is 0 Å². The SMILES string of the molecule is CC(C)C(CNC(=O)OCC1c2ccccc2-c2ccccc21)C(=O)N[C@H](C)CC(=O)O. The molecule has 0 spiro atoms. The van der Waals surface area contributed by atoms with E-state index >= 15 is 0 Å². The molecule has 32 heavy (non-hydrogen) atoms. The molecule has 7 nitrogen and oxygen atoms in total. The van der Waals surface area contributed by atoms with Gasteiger partial charge in [-0.05, 0) is 35.1 Å². The number of carbonyl (C=O) groups excluding carboxylic acids is 2. The lowest BCUT2D eigenvalue weighted by molar-refractivity contribution is -0.137. The van der Waals surface area contributed by atoms with Gasteiger partial charge in [0.2, 0.25) is 5.91 Å². The Labute approximate surface area is 188 Å². The van der Waals surface area contributed by atoms with Crippen molar-refractivity contribution in [3.05, 3.63) is 59.7 Å². The third-order valence-corrected chi connectivity index (χ3v) is 5.82. The first kappa shape index (κ1) is 23.3. The number of nitrogens with one attached hydrogen (secondary N) is 2. The Kier molecular flexibility index (Phi) is 7.51. The standard InChI is InChI=1S/C25H30N2O5/c1-15(2)21(24(30)27-16(3)12-23(28)29)13-26-25(31)32-14-22-19-10-6-4-8-17(19)18-9-5-7-11-20(18)22/h4-11,15-16,21-22H,12-14H2,1-3H3,(H,26,31)(H,27,30)(H,28,29)/t16-,21?/m1/s1. The first-order valence-corrected chi connectivity index (χ1v) is 10.9. The predicted molar refractivity (Wildman–Crippen MR) is 121 cm³/mol. The van der Waals surface area contributed by atoms with Crippen molar-refractivity contribution < 1.29 is 24.2 Å². The molecule has 3 N–H and O–H groups in total. The van der Waals surface area contributed by atoms with E-state index in [0.717, 1.165) is 22.3 Å². The lowest BCUT2D eigenvalue weighted by atomic mass is 9.94. The highest BCUT2D eigenvalue weighted by atomic mass is 16.5. The maximum absolute atomic E-state index is 12.5. The highest BCUT2D eigenvalue weighted by Gasteiger charge is 2.29. The van der Waals surface area contributed by atoms with Crippen LogP contribution in [0.2, 0.25) is 0 Å². The van der Waals surface area contributed by atoms with Gasteiger partial charge in [0.15, 0.2) is 0 Å². The Hall–Kier alpha value is -3.35. The first-order valence-electron chi connectivity index (χ1n) is 10.9. The zero-order valence-electron chi connectivity index (χ0n) is 18.6. The van der Waals surface area contributed by atoms with Gasteiger partial charge in [-0.15, -0.1) is 0 Å². The summed E-state index contributed by atoms with van der Waals surface area (Å²) in [6, 6.07) is 15.7. The van der Waals surface area contributed by atoms with Crippen LogP contribution in [0.15, 0.2) is 48.5 Å². The molecule has 2 amide bonds. The molecule has 1 unspecified atom stereocenters. The van der Waals surface area contributed by atoms with E-state index in [-0.39, 0.29) is 37.3 Å². The lowest BCUT2D eigenvalue weighted by Gasteiger charge is -2.23. The van der Waals surface area contributed by atoms with Gasteiger partial charge in [-0.3, -0.25) is 9.59 Å².